The SMILES string of the molecule is Cc1ccoc1C(=O)NC(CO)CO. The molecule has 1 aromatic heterocycles. The molecule has 1 aromatic rings. The van der Waals surface area contributed by atoms with Gasteiger partial charge in [-0.2, -0.15) is 0 Å². The molecule has 5 nitrogen and oxygen atoms in total. The molecule has 0 aliphatic carbocycles. The molecule has 3 N–H and O–H groups in total. The van der Waals surface area contributed by atoms with Crippen LogP contribution in [0.25, 0.3) is 0 Å². The molecule has 1 rings (SSSR count). The van der Waals surface area contributed by atoms with Crippen LogP contribution in [0.4, 0.5) is 0 Å². The molecule has 0 saturated carbocycles. The Hall–Kier alpha value is -1.33. The van der Waals surface area contributed by atoms with Crippen LogP contribution < -0.4 is 5.32 Å². The third-order valence-corrected chi connectivity index (χ3v) is 1.84. The number of rotatable bonds is 4. The Morgan fingerprint density at radius 1 is 1.57 bits per heavy atom. The van der Waals surface area contributed by atoms with Gasteiger partial charge in [-0.3, -0.25) is 4.79 Å². The summed E-state index contributed by atoms with van der Waals surface area (Å²) in [5, 5.41) is 19.9. The van der Waals surface area contributed by atoms with Crippen LogP contribution in [0.3, 0.4) is 0 Å². The van der Waals surface area contributed by atoms with Crippen molar-refractivity contribution in [2.75, 3.05) is 13.2 Å². The van der Waals surface area contributed by atoms with Crippen molar-refractivity contribution in [3.05, 3.63) is 23.7 Å². The molecular weight excluding hydrogens is 186 g/mol. The van der Waals surface area contributed by atoms with E-state index >= 15 is 0 Å². The summed E-state index contributed by atoms with van der Waals surface area (Å²) in [4.78, 5) is 11.4. The Labute approximate surface area is 81.4 Å². The summed E-state index contributed by atoms with van der Waals surface area (Å²) in [6.45, 7) is 1.13. The molecule has 0 aliphatic heterocycles. The molecule has 14 heavy (non-hydrogen) atoms. The Kier molecular flexibility index (Phi) is 3.67. The van der Waals surface area contributed by atoms with Gasteiger partial charge in [-0.1, -0.05) is 0 Å². The van der Waals surface area contributed by atoms with Crippen LogP contribution in [0, 0.1) is 6.92 Å². The first-order valence-electron chi connectivity index (χ1n) is 4.25. The van der Waals surface area contributed by atoms with E-state index in [1.54, 1.807) is 13.0 Å². The second-order valence-corrected chi connectivity index (χ2v) is 2.97. The van der Waals surface area contributed by atoms with Crippen LogP contribution in [0.2, 0.25) is 0 Å². The summed E-state index contributed by atoms with van der Waals surface area (Å²) < 4.78 is 4.94. The quantitative estimate of drug-likeness (QED) is 0.620. The maximum absolute atomic E-state index is 11.4. The van der Waals surface area contributed by atoms with Gasteiger partial charge in [-0.15, -0.1) is 0 Å². The second kappa shape index (κ2) is 4.78. The van der Waals surface area contributed by atoms with Crippen molar-refractivity contribution in [2.45, 2.75) is 13.0 Å². The summed E-state index contributed by atoms with van der Waals surface area (Å²) in [7, 11) is 0. The van der Waals surface area contributed by atoms with Gasteiger partial charge in [0.1, 0.15) is 0 Å². The van der Waals surface area contributed by atoms with E-state index < -0.39 is 11.9 Å². The molecule has 0 saturated heterocycles. The predicted octanol–water partition coefficient (Wildman–Crippen LogP) is -0.329. The van der Waals surface area contributed by atoms with Gasteiger partial charge in [0.05, 0.1) is 25.5 Å². The van der Waals surface area contributed by atoms with E-state index in [1.807, 2.05) is 0 Å². The molecule has 1 amide bonds. The molecule has 0 aliphatic rings. The first kappa shape index (κ1) is 10.7. The van der Waals surface area contributed by atoms with Crippen molar-refractivity contribution in [2.24, 2.45) is 0 Å². The number of aliphatic hydroxyl groups excluding tert-OH is 2. The van der Waals surface area contributed by atoms with E-state index in [4.69, 9.17) is 14.6 Å². The van der Waals surface area contributed by atoms with E-state index in [0.717, 1.165) is 5.56 Å². The lowest BCUT2D eigenvalue weighted by Crippen LogP contribution is -2.40. The van der Waals surface area contributed by atoms with Gasteiger partial charge in [0.25, 0.3) is 5.91 Å². The minimum atomic E-state index is -0.646. The van der Waals surface area contributed by atoms with Crippen molar-refractivity contribution < 1.29 is 19.4 Å². The number of aliphatic hydroxyl groups is 2. The zero-order chi connectivity index (χ0) is 10.6. The van der Waals surface area contributed by atoms with E-state index in [9.17, 15) is 4.79 Å². The van der Waals surface area contributed by atoms with E-state index in [1.165, 1.54) is 6.26 Å². The fourth-order valence-corrected chi connectivity index (χ4v) is 1.01. The Bertz CT molecular complexity index is 304. The van der Waals surface area contributed by atoms with Gasteiger partial charge in [0.15, 0.2) is 5.76 Å². The number of carbonyl (C=O) groups is 1. The van der Waals surface area contributed by atoms with Crippen LogP contribution in [0.1, 0.15) is 16.1 Å². The molecule has 0 spiro atoms. The average Bonchev–Trinajstić information content (AvgIpc) is 2.60. The van der Waals surface area contributed by atoms with Gasteiger partial charge >= 0.3 is 0 Å². The standard InChI is InChI=1S/C9H13NO4/c1-6-2-3-14-8(6)9(13)10-7(4-11)5-12/h2-3,7,11-12H,4-5H2,1H3,(H,10,13). The van der Waals surface area contributed by atoms with Crippen molar-refractivity contribution in [3.63, 3.8) is 0 Å². The highest BCUT2D eigenvalue weighted by atomic mass is 16.3. The highest BCUT2D eigenvalue weighted by molar-refractivity contribution is 5.92. The average molecular weight is 199 g/mol. The van der Waals surface area contributed by atoms with Crippen molar-refractivity contribution in [1.82, 2.24) is 5.32 Å². The summed E-state index contributed by atoms with van der Waals surface area (Å²) in [6.07, 6.45) is 1.41. The van der Waals surface area contributed by atoms with Crippen molar-refractivity contribution in [1.29, 1.82) is 0 Å². The number of hydrogen-bond acceptors (Lipinski definition) is 4. The first-order chi connectivity index (χ1) is 6.69. The lowest BCUT2D eigenvalue weighted by atomic mass is 10.2. The van der Waals surface area contributed by atoms with Gasteiger partial charge in [-0.25, -0.2) is 0 Å². The second-order valence-electron chi connectivity index (χ2n) is 2.97. The number of furan rings is 1. The van der Waals surface area contributed by atoms with Crippen molar-refractivity contribution in [3.8, 4) is 0 Å². The zero-order valence-corrected chi connectivity index (χ0v) is 7.86. The summed E-state index contributed by atoms with van der Waals surface area (Å²) in [5.74, 6) is -0.225. The van der Waals surface area contributed by atoms with Crippen LogP contribution >= 0.6 is 0 Å². The molecule has 5 heteroatoms. The van der Waals surface area contributed by atoms with Crippen LogP contribution in [0.5, 0.6) is 0 Å². The Morgan fingerprint density at radius 3 is 2.64 bits per heavy atom. The van der Waals surface area contributed by atoms with Gasteiger partial charge in [0, 0.05) is 5.56 Å². The highest BCUT2D eigenvalue weighted by Crippen LogP contribution is 2.08. The smallest absolute Gasteiger partial charge is 0.287 e. The first-order valence-corrected chi connectivity index (χ1v) is 4.25. The molecular formula is C9H13NO4. The summed E-state index contributed by atoms with van der Waals surface area (Å²) >= 11 is 0. The summed E-state index contributed by atoms with van der Waals surface area (Å²) in [6, 6.07) is 1.02. The van der Waals surface area contributed by atoms with Gasteiger partial charge in [-0.05, 0) is 13.0 Å². The highest BCUT2D eigenvalue weighted by Gasteiger charge is 2.16. The minimum absolute atomic E-state index is 0.205. The molecule has 0 unspecified atom stereocenters. The number of hydrogen-bond donors (Lipinski definition) is 3. The molecule has 1 heterocycles. The fourth-order valence-electron chi connectivity index (χ4n) is 1.01. The Morgan fingerprint density at radius 2 is 2.21 bits per heavy atom. The molecule has 0 radical (unpaired) electrons. The molecule has 78 valence electrons. The summed E-state index contributed by atoms with van der Waals surface area (Å²) in [5.41, 5.74) is 0.720. The lowest BCUT2D eigenvalue weighted by Gasteiger charge is -2.11. The van der Waals surface area contributed by atoms with Gasteiger partial charge < -0.3 is 19.9 Å². The van der Waals surface area contributed by atoms with E-state index in [0.29, 0.717) is 0 Å². The molecule has 0 aromatic carbocycles. The third-order valence-electron chi connectivity index (χ3n) is 1.84. The van der Waals surface area contributed by atoms with Crippen molar-refractivity contribution >= 4 is 5.91 Å². The number of aryl methyl sites for hydroxylation is 1. The zero-order valence-electron chi connectivity index (χ0n) is 7.86. The van der Waals surface area contributed by atoms with E-state index in [2.05, 4.69) is 5.32 Å². The molecule has 0 fully saturated rings. The topological polar surface area (TPSA) is 82.7 Å². The Balaban J connectivity index is 2.63. The number of amides is 1. The molecule has 0 bridgehead atoms. The number of carbonyl (C=O) groups excluding carboxylic acids is 1. The lowest BCUT2D eigenvalue weighted by molar-refractivity contribution is 0.0851. The van der Waals surface area contributed by atoms with Crippen LogP contribution in [-0.4, -0.2) is 35.4 Å². The third kappa shape index (κ3) is 2.34. The molecule has 0 atom stereocenters. The fraction of sp³-hybridized carbons (Fsp3) is 0.444. The van der Waals surface area contributed by atoms with Crippen LogP contribution in [0.15, 0.2) is 16.7 Å². The minimum Gasteiger partial charge on any atom is -0.459 e. The van der Waals surface area contributed by atoms with Gasteiger partial charge in [0.2, 0.25) is 0 Å². The predicted molar refractivity (Wildman–Crippen MR) is 48.9 cm³/mol. The maximum Gasteiger partial charge on any atom is 0.287 e. The number of nitrogens with one attached hydrogen (secondary N) is 1. The largest absolute Gasteiger partial charge is 0.459 e. The van der Waals surface area contributed by atoms with Crippen LogP contribution in [-0.2, 0) is 0 Å². The normalized spacial score (nSPS) is 10.6. The van der Waals surface area contributed by atoms with E-state index in [-0.39, 0.29) is 19.0 Å². The monoisotopic (exact) mass is 199 g/mol. The maximum atomic E-state index is 11.4.